The van der Waals surface area contributed by atoms with Gasteiger partial charge < -0.3 is 15.5 Å². The Kier molecular flexibility index (Phi) is 8.65. The topological polar surface area (TPSA) is 44.4 Å². The molecular weight excluding hydrogens is 369 g/mol. The van der Waals surface area contributed by atoms with Crippen LogP contribution in [0.5, 0.6) is 0 Å². The lowest BCUT2D eigenvalue weighted by Gasteiger charge is -2.21. The molecule has 0 bridgehead atoms. The first-order valence-electron chi connectivity index (χ1n) is 8.15. The van der Waals surface area contributed by atoms with Gasteiger partial charge in [-0.15, -0.1) is 24.8 Å². The summed E-state index contributed by atoms with van der Waals surface area (Å²) < 4.78 is 0. The third-order valence-corrected chi connectivity index (χ3v) is 4.97. The Morgan fingerprint density at radius 1 is 1.38 bits per heavy atom. The van der Waals surface area contributed by atoms with Crippen molar-refractivity contribution < 1.29 is 4.79 Å². The number of carbonyl (C=O) groups is 1. The molecule has 136 valence electrons. The summed E-state index contributed by atoms with van der Waals surface area (Å²) in [5.74, 6) is 0.679. The highest BCUT2D eigenvalue weighted by atomic mass is 35.5. The minimum Gasteiger partial charge on any atom is -0.371 e. The van der Waals surface area contributed by atoms with Crippen molar-refractivity contribution >= 4 is 48.0 Å². The lowest BCUT2D eigenvalue weighted by Crippen LogP contribution is -2.42. The van der Waals surface area contributed by atoms with Crippen LogP contribution in [0.4, 0.5) is 5.69 Å². The Morgan fingerprint density at radius 2 is 2.17 bits per heavy atom. The van der Waals surface area contributed by atoms with Crippen LogP contribution < -0.4 is 15.5 Å². The van der Waals surface area contributed by atoms with Crippen LogP contribution >= 0.6 is 36.4 Å². The number of nitrogens with zero attached hydrogens (tertiary/aromatic N) is 1. The van der Waals surface area contributed by atoms with Crippen LogP contribution in [0.1, 0.15) is 24.8 Å². The van der Waals surface area contributed by atoms with E-state index in [1.54, 1.807) is 0 Å². The molecule has 1 aromatic rings. The lowest BCUT2D eigenvalue weighted by atomic mass is 10.1. The van der Waals surface area contributed by atoms with Gasteiger partial charge in [0.25, 0.3) is 0 Å². The zero-order chi connectivity index (χ0) is 15.5. The Labute approximate surface area is 161 Å². The summed E-state index contributed by atoms with van der Waals surface area (Å²) in [5.41, 5.74) is 2.48. The summed E-state index contributed by atoms with van der Waals surface area (Å²) in [5, 5.41) is 7.14. The van der Waals surface area contributed by atoms with E-state index in [0.717, 1.165) is 50.5 Å². The van der Waals surface area contributed by atoms with Crippen molar-refractivity contribution in [1.29, 1.82) is 0 Å². The van der Waals surface area contributed by atoms with Crippen LogP contribution in [-0.2, 0) is 4.79 Å². The molecule has 0 aromatic heterocycles. The van der Waals surface area contributed by atoms with Gasteiger partial charge in [0.05, 0.1) is 6.04 Å². The smallest absolute Gasteiger partial charge is 0.237 e. The fourth-order valence-electron chi connectivity index (χ4n) is 3.42. The van der Waals surface area contributed by atoms with Crippen molar-refractivity contribution in [3.05, 3.63) is 28.8 Å². The largest absolute Gasteiger partial charge is 0.371 e. The van der Waals surface area contributed by atoms with Gasteiger partial charge in [-0.05, 0) is 56.3 Å². The van der Waals surface area contributed by atoms with Crippen LogP contribution in [0.3, 0.4) is 0 Å². The number of amides is 1. The molecule has 4 nitrogen and oxygen atoms in total. The molecule has 2 aliphatic heterocycles. The molecule has 1 amide bonds. The van der Waals surface area contributed by atoms with E-state index in [0.29, 0.717) is 5.92 Å². The molecular formula is C17H26Cl3N3O. The monoisotopic (exact) mass is 393 g/mol. The molecule has 2 atom stereocenters. The molecule has 2 N–H and O–H groups in total. The van der Waals surface area contributed by atoms with Gasteiger partial charge in [-0.25, -0.2) is 0 Å². The third-order valence-electron chi connectivity index (χ3n) is 4.74. The highest BCUT2D eigenvalue weighted by molar-refractivity contribution is 6.30. The molecule has 0 saturated carbocycles. The zero-order valence-electron chi connectivity index (χ0n) is 13.9. The average molecular weight is 395 g/mol. The van der Waals surface area contributed by atoms with Crippen molar-refractivity contribution in [3.63, 3.8) is 0 Å². The van der Waals surface area contributed by atoms with Crippen molar-refractivity contribution in [2.75, 3.05) is 31.1 Å². The maximum absolute atomic E-state index is 12.0. The number of hydrogen-bond donors (Lipinski definition) is 2. The van der Waals surface area contributed by atoms with Gasteiger partial charge in [0.15, 0.2) is 0 Å². The van der Waals surface area contributed by atoms with Crippen LogP contribution in [0, 0.1) is 12.8 Å². The molecule has 3 rings (SSSR count). The van der Waals surface area contributed by atoms with Gasteiger partial charge in [0.2, 0.25) is 5.91 Å². The highest BCUT2D eigenvalue weighted by Crippen LogP contribution is 2.29. The van der Waals surface area contributed by atoms with Gasteiger partial charge in [-0.2, -0.15) is 0 Å². The lowest BCUT2D eigenvalue weighted by molar-refractivity contribution is -0.122. The maximum atomic E-state index is 12.0. The Hall–Kier alpha value is -0.680. The third kappa shape index (κ3) is 5.16. The minimum absolute atomic E-state index is 0. The quantitative estimate of drug-likeness (QED) is 0.824. The summed E-state index contributed by atoms with van der Waals surface area (Å²) in [6, 6.07) is 6.06. The summed E-state index contributed by atoms with van der Waals surface area (Å²) in [7, 11) is 0. The number of halogens is 3. The molecule has 2 saturated heterocycles. The van der Waals surface area contributed by atoms with E-state index in [2.05, 4.69) is 28.5 Å². The summed E-state index contributed by atoms with van der Waals surface area (Å²) in [6.07, 6.45) is 3.18. The summed E-state index contributed by atoms with van der Waals surface area (Å²) >= 11 is 6.12. The van der Waals surface area contributed by atoms with Crippen molar-refractivity contribution in [2.24, 2.45) is 5.92 Å². The summed E-state index contributed by atoms with van der Waals surface area (Å²) in [6.45, 7) is 5.87. The summed E-state index contributed by atoms with van der Waals surface area (Å²) in [4.78, 5) is 14.4. The minimum atomic E-state index is 0. The Balaban J connectivity index is 0.00000144. The number of nitrogens with one attached hydrogen (secondary N) is 2. The van der Waals surface area contributed by atoms with Crippen LogP contribution in [0.2, 0.25) is 5.02 Å². The molecule has 0 spiro atoms. The van der Waals surface area contributed by atoms with Gasteiger partial charge in [0, 0.05) is 30.3 Å². The van der Waals surface area contributed by atoms with E-state index in [1.165, 1.54) is 11.3 Å². The number of benzene rings is 1. The second-order valence-electron chi connectivity index (χ2n) is 6.43. The number of rotatable bonds is 4. The van der Waals surface area contributed by atoms with Gasteiger partial charge >= 0.3 is 0 Å². The molecule has 7 heteroatoms. The highest BCUT2D eigenvalue weighted by Gasteiger charge is 2.26. The van der Waals surface area contributed by atoms with Crippen LogP contribution in [0.15, 0.2) is 18.2 Å². The Bertz CT molecular complexity index is 550. The SMILES string of the molecule is Cc1ccc(Cl)cc1N1CCC(CNC(=O)C2CCCN2)C1.Cl.Cl. The predicted molar refractivity (Wildman–Crippen MR) is 105 cm³/mol. The molecule has 2 unspecified atom stereocenters. The maximum Gasteiger partial charge on any atom is 0.237 e. The first kappa shape index (κ1) is 21.4. The van der Waals surface area contributed by atoms with E-state index >= 15 is 0 Å². The predicted octanol–water partition coefficient (Wildman–Crippen LogP) is 3.19. The molecule has 1 aromatic carbocycles. The van der Waals surface area contributed by atoms with E-state index in [-0.39, 0.29) is 36.8 Å². The van der Waals surface area contributed by atoms with Crippen LogP contribution in [0.25, 0.3) is 0 Å². The van der Waals surface area contributed by atoms with Crippen molar-refractivity contribution in [1.82, 2.24) is 10.6 Å². The number of anilines is 1. The van der Waals surface area contributed by atoms with E-state index in [1.807, 2.05) is 12.1 Å². The number of carbonyl (C=O) groups excluding carboxylic acids is 1. The number of aryl methyl sites for hydroxylation is 1. The normalized spacial score (nSPS) is 22.7. The van der Waals surface area contributed by atoms with E-state index in [9.17, 15) is 4.79 Å². The molecule has 24 heavy (non-hydrogen) atoms. The fraction of sp³-hybridized carbons (Fsp3) is 0.588. The van der Waals surface area contributed by atoms with Gasteiger partial charge in [-0.1, -0.05) is 17.7 Å². The fourth-order valence-corrected chi connectivity index (χ4v) is 3.58. The molecule has 2 aliphatic rings. The average Bonchev–Trinajstić information content (AvgIpc) is 3.18. The van der Waals surface area contributed by atoms with Gasteiger partial charge in [0.1, 0.15) is 0 Å². The Morgan fingerprint density at radius 3 is 2.88 bits per heavy atom. The standard InChI is InChI=1S/C17H24ClN3O.2ClH/c1-12-4-5-14(18)9-16(12)21-8-6-13(11-21)10-20-17(22)15-3-2-7-19-15;;/h4-5,9,13,15,19H,2-3,6-8,10-11H2,1H3,(H,20,22);2*1H. The zero-order valence-corrected chi connectivity index (χ0v) is 16.3. The molecule has 0 radical (unpaired) electrons. The second-order valence-corrected chi connectivity index (χ2v) is 6.86. The second kappa shape index (κ2) is 9.71. The molecule has 2 heterocycles. The van der Waals surface area contributed by atoms with Crippen molar-refractivity contribution in [2.45, 2.75) is 32.2 Å². The van der Waals surface area contributed by atoms with Gasteiger partial charge in [-0.3, -0.25) is 4.79 Å². The van der Waals surface area contributed by atoms with Crippen LogP contribution in [-0.4, -0.2) is 38.1 Å². The first-order valence-corrected chi connectivity index (χ1v) is 8.53. The molecule has 0 aliphatic carbocycles. The number of hydrogen-bond acceptors (Lipinski definition) is 3. The van der Waals surface area contributed by atoms with Crippen molar-refractivity contribution in [3.8, 4) is 0 Å². The van der Waals surface area contributed by atoms with E-state index in [4.69, 9.17) is 11.6 Å². The first-order chi connectivity index (χ1) is 10.6. The molecule has 2 fully saturated rings. The van der Waals surface area contributed by atoms with E-state index < -0.39 is 0 Å².